The molecule has 0 aliphatic carbocycles. The van der Waals surface area contributed by atoms with Gasteiger partial charge in [-0.1, -0.05) is 0 Å². The summed E-state index contributed by atoms with van der Waals surface area (Å²) in [5, 5.41) is 27.9. The number of nitrogen functional groups attached to an aromatic ring is 1. The molecule has 2 rings (SSSR count). The normalized spacial score (nSPS) is 10.5. The third kappa shape index (κ3) is 3.41. The van der Waals surface area contributed by atoms with Gasteiger partial charge in [0, 0.05) is 18.2 Å². The number of azo groups is 1. The second kappa shape index (κ2) is 6.53. The van der Waals surface area contributed by atoms with Gasteiger partial charge in [0.25, 0.3) is 5.69 Å². The first-order valence-electron chi connectivity index (χ1n) is 6.50. The van der Waals surface area contributed by atoms with Crippen LogP contribution in [0.25, 0.3) is 0 Å². The van der Waals surface area contributed by atoms with Crippen LogP contribution < -0.4 is 10.5 Å². The summed E-state index contributed by atoms with van der Waals surface area (Å²) in [5.41, 5.74) is 7.73. The average Bonchev–Trinajstić information content (AvgIpc) is 2.53. The Morgan fingerprint density at radius 2 is 1.96 bits per heavy atom. The van der Waals surface area contributed by atoms with E-state index in [1.54, 1.807) is 12.1 Å². The molecule has 0 saturated heterocycles. The van der Waals surface area contributed by atoms with E-state index in [4.69, 9.17) is 15.7 Å². The molecule has 8 heteroatoms. The number of nitro benzene ring substituents is 1. The van der Waals surface area contributed by atoms with Crippen LogP contribution in [0.5, 0.6) is 5.75 Å². The number of nitriles is 1. The number of nitrogens with zero attached hydrogens (tertiary/aromatic N) is 4. The van der Waals surface area contributed by atoms with E-state index in [-0.39, 0.29) is 16.9 Å². The lowest BCUT2D eigenvalue weighted by atomic mass is 10.1. The number of benzene rings is 2. The molecule has 0 saturated carbocycles. The van der Waals surface area contributed by atoms with Crippen molar-refractivity contribution in [2.45, 2.75) is 6.92 Å². The number of hydrogen-bond donors (Lipinski definition) is 1. The van der Waals surface area contributed by atoms with Crippen LogP contribution in [-0.2, 0) is 0 Å². The largest absolute Gasteiger partial charge is 0.495 e. The fourth-order valence-electron chi connectivity index (χ4n) is 1.91. The van der Waals surface area contributed by atoms with Crippen LogP contribution in [0, 0.1) is 28.4 Å². The number of nitrogens with two attached hydrogens (primary N) is 1. The summed E-state index contributed by atoms with van der Waals surface area (Å²) in [5.74, 6) is 0.466. The zero-order valence-corrected chi connectivity index (χ0v) is 12.5. The van der Waals surface area contributed by atoms with Crippen molar-refractivity contribution in [1.29, 1.82) is 5.26 Å². The van der Waals surface area contributed by atoms with E-state index in [0.29, 0.717) is 17.1 Å². The average molecular weight is 311 g/mol. The zero-order chi connectivity index (χ0) is 17.0. The van der Waals surface area contributed by atoms with Gasteiger partial charge in [0.15, 0.2) is 0 Å². The molecule has 0 bridgehead atoms. The van der Waals surface area contributed by atoms with Gasteiger partial charge in [0.05, 0.1) is 29.0 Å². The Bertz CT molecular complexity index is 840. The maximum absolute atomic E-state index is 10.7. The molecule has 116 valence electrons. The maximum Gasteiger partial charge on any atom is 0.270 e. The molecule has 23 heavy (non-hydrogen) atoms. The Kier molecular flexibility index (Phi) is 4.52. The highest BCUT2D eigenvalue weighted by Gasteiger charge is 2.11. The number of aryl methyl sites for hydroxylation is 1. The van der Waals surface area contributed by atoms with E-state index in [0.717, 1.165) is 11.6 Å². The highest BCUT2D eigenvalue weighted by Crippen LogP contribution is 2.32. The van der Waals surface area contributed by atoms with Crippen molar-refractivity contribution in [2.75, 3.05) is 12.8 Å². The first-order chi connectivity index (χ1) is 11.0. The predicted octanol–water partition coefficient (Wildman–Crippen LogP) is 3.78. The standard InChI is InChI=1S/C15H13N5O3/c1-9-5-12(17)15(23-2)7-14(9)19-18-13-4-3-11(20(21)22)6-10(13)8-16/h3-7H,17H2,1-2H3. The first kappa shape index (κ1) is 15.9. The lowest BCUT2D eigenvalue weighted by molar-refractivity contribution is -0.384. The van der Waals surface area contributed by atoms with Gasteiger partial charge < -0.3 is 10.5 Å². The van der Waals surface area contributed by atoms with Crippen LogP contribution in [0.2, 0.25) is 0 Å². The van der Waals surface area contributed by atoms with E-state index in [2.05, 4.69) is 10.2 Å². The first-order valence-corrected chi connectivity index (χ1v) is 6.50. The van der Waals surface area contributed by atoms with E-state index < -0.39 is 4.92 Å². The van der Waals surface area contributed by atoms with Gasteiger partial charge in [-0.3, -0.25) is 10.1 Å². The van der Waals surface area contributed by atoms with Crippen molar-refractivity contribution >= 4 is 22.7 Å². The molecule has 0 unspecified atom stereocenters. The minimum Gasteiger partial charge on any atom is -0.495 e. The fraction of sp³-hybridized carbons (Fsp3) is 0.133. The van der Waals surface area contributed by atoms with Crippen LogP contribution in [-0.4, -0.2) is 12.0 Å². The van der Waals surface area contributed by atoms with Gasteiger partial charge in [0.2, 0.25) is 0 Å². The molecular weight excluding hydrogens is 298 g/mol. The number of rotatable bonds is 4. The van der Waals surface area contributed by atoms with E-state index in [1.807, 2.05) is 13.0 Å². The molecule has 0 aliphatic rings. The molecule has 0 atom stereocenters. The molecule has 0 heterocycles. The second-order valence-corrected chi connectivity index (χ2v) is 4.65. The summed E-state index contributed by atoms with van der Waals surface area (Å²) in [6.45, 7) is 1.81. The molecule has 0 radical (unpaired) electrons. The fourth-order valence-corrected chi connectivity index (χ4v) is 1.91. The number of ether oxygens (including phenoxy) is 1. The van der Waals surface area contributed by atoms with Gasteiger partial charge in [-0.15, -0.1) is 5.11 Å². The van der Waals surface area contributed by atoms with Crippen molar-refractivity contribution < 1.29 is 9.66 Å². The number of non-ortho nitro benzene ring substituents is 1. The Labute approximate surface area is 132 Å². The molecule has 0 aliphatic heterocycles. The smallest absolute Gasteiger partial charge is 0.270 e. The number of nitro groups is 1. The lowest BCUT2D eigenvalue weighted by Gasteiger charge is -2.07. The highest BCUT2D eigenvalue weighted by molar-refractivity contribution is 5.64. The molecular formula is C15H13N5O3. The summed E-state index contributed by atoms with van der Waals surface area (Å²) in [6.07, 6.45) is 0. The second-order valence-electron chi connectivity index (χ2n) is 4.65. The topological polar surface area (TPSA) is 127 Å². The Balaban J connectivity index is 2.41. The van der Waals surface area contributed by atoms with Crippen molar-refractivity contribution in [3.8, 4) is 11.8 Å². The summed E-state index contributed by atoms with van der Waals surface area (Å²) in [6, 6.07) is 9.01. The zero-order valence-electron chi connectivity index (χ0n) is 12.5. The van der Waals surface area contributed by atoms with Crippen molar-refractivity contribution in [3.63, 3.8) is 0 Å². The molecule has 2 aromatic rings. The molecule has 0 spiro atoms. The minimum atomic E-state index is -0.573. The number of hydrogen-bond acceptors (Lipinski definition) is 7. The summed E-state index contributed by atoms with van der Waals surface area (Å²) in [4.78, 5) is 10.2. The van der Waals surface area contributed by atoms with E-state index >= 15 is 0 Å². The molecule has 2 N–H and O–H groups in total. The number of anilines is 1. The van der Waals surface area contributed by atoms with Gasteiger partial charge in [0.1, 0.15) is 17.5 Å². The lowest BCUT2D eigenvalue weighted by Crippen LogP contribution is -1.92. The Morgan fingerprint density at radius 1 is 1.26 bits per heavy atom. The SMILES string of the molecule is COc1cc(N=Nc2ccc([N+](=O)[O-])cc2C#N)c(C)cc1N. The third-order valence-corrected chi connectivity index (χ3v) is 3.13. The van der Waals surface area contributed by atoms with Crippen molar-refractivity contribution in [1.82, 2.24) is 0 Å². The molecule has 0 amide bonds. The summed E-state index contributed by atoms with van der Waals surface area (Å²) in [7, 11) is 1.49. The molecule has 2 aromatic carbocycles. The van der Waals surface area contributed by atoms with Crippen LogP contribution in [0.3, 0.4) is 0 Å². The third-order valence-electron chi connectivity index (χ3n) is 3.13. The van der Waals surface area contributed by atoms with Crippen LogP contribution in [0.4, 0.5) is 22.7 Å². The predicted molar refractivity (Wildman–Crippen MR) is 84.1 cm³/mol. The number of methoxy groups -OCH3 is 1. The van der Waals surface area contributed by atoms with Gasteiger partial charge in [-0.25, -0.2) is 0 Å². The highest BCUT2D eigenvalue weighted by atomic mass is 16.6. The van der Waals surface area contributed by atoms with Crippen LogP contribution in [0.15, 0.2) is 40.6 Å². The quantitative estimate of drug-likeness (QED) is 0.398. The monoisotopic (exact) mass is 311 g/mol. The Morgan fingerprint density at radius 3 is 2.57 bits per heavy atom. The van der Waals surface area contributed by atoms with Gasteiger partial charge in [-0.2, -0.15) is 10.4 Å². The van der Waals surface area contributed by atoms with Crippen molar-refractivity contribution in [3.05, 3.63) is 51.6 Å². The summed E-state index contributed by atoms with van der Waals surface area (Å²) >= 11 is 0. The van der Waals surface area contributed by atoms with Crippen LogP contribution in [0.1, 0.15) is 11.1 Å². The molecule has 0 aromatic heterocycles. The summed E-state index contributed by atoms with van der Waals surface area (Å²) < 4.78 is 5.13. The van der Waals surface area contributed by atoms with Gasteiger partial charge in [-0.05, 0) is 24.6 Å². The van der Waals surface area contributed by atoms with Crippen molar-refractivity contribution in [2.24, 2.45) is 10.2 Å². The molecule has 8 nitrogen and oxygen atoms in total. The van der Waals surface area contributed by atoms with E-state index in [1.165, 1.54) is 19.2 Å². The van der Waals surface area contributed by atoms with Crippen LogP contribution >= 0.6 is 0 Å². The van der Waals surface area contributed by atoms with Gasteiger partial charge >= 0.3 is 0 Å². The van der Waals surface area contributed by atoms with E-state index in [9.17, 15) is 10.1 Å². The Hall–Kier alpha value is -3.47. The molecule has 0 fully saturated rings. The minimum absolute atomic E-state index is 0.0722. The maximum atomic E-state index is 10.7.